The Kier molecular flexibility index (Phi) is 5.36. The van der Waals surface area contributed by atoms with Crippen LogP contribution >= 0.6 is 11.3 Å². The van der Waals surface area contributed by atoms with Crippen molar-refractivity contribution in [3.8, 4) is 11.5 Å². The van der Waals surface area contributed by atoms with Crippen LogP contribution in [-0.2, 0) is 12.0 Å². The molecule has 0 spiro atoms. The Balaban J connectivity index is 2.04. The fourth-order valence-electron chi connectivity index (χ4n) is 4.03. The van der Waals surface area contributed by atoms with Gasteiger partial charge in [-0.25, -0.2) is 0 Å². The van der Waals surface area contributed by atoms with Crippen molar-refractivity contribution in [1.29, 1.82) is 0 Å². The molecule has 8 heteroatoms. The third kappa shape index (κ3) is 3.95. The number of hydrogen-bond acceptors (Lipinski definition) is 6. The molecule has 1 aromatic carbocycles. The lowest BCUT2D eigenvalue weighted by molar-refractivity contribution is 0.0999. The van der Waals surface area contributed by atoms with Crippen LogP contribution in [0.4, 0.5) is 5.00 Å². The summed E-state index contributed by atoms with van der Waals surface area (Å²) in [6.07, 6.45) is 0.641. The smallest absolute Gasteiger partial charge is 0.260 e. The van der Waals surface area contributed by atoms with E-state index in [1.807, 2.05) is 0 Å². The summed E-state index contributed by atoms with van der Waals surface area (Å²) in [4.78, 5) is 26.3. The molecule has 2 heterocycles. The molecule has 156 valence electrons. The highest BCUT2D eigenvalue weighted by Gasteiger charge is 2.41. The highest BCUT2D eigenvalue weighted by Crippen LogP contribution is 2.45. The quantitative estimate of drug-likeness (QED) is 0.693. The number of nitrogens with one attached hydrogen (secondary N) is 2. The molecule has 0 saturated carbocycles. The molecule has 3 rings (SSSR count). The maximum absolute atomic E-state index is 13.0. The minimum atomic E-state index is -0.548. The number of carbonyl (C=O) groups excluding carboxylic acids is 2. The number of hydrogen-bond donors (Lipinski definition) is 3. The fourth-order valence-corrected chi connectivity index (χ4v) is 5.31. The van der Waals surface area contributed by atoms with Crippen molar-refractivity contribution in [3.63, 3.8) is 0 Å². The Morgan fingerprint density at radius 3 is 2.45 bits per heavy atom. The highest BCUT2D eigenvalue weighted by molar-refractivity contribution is 7.17. The topological polar surface area (TPSA) is 103 Å². The molecule has 2 aromatic rings. The van der Waals surface area contributed by atoms with Crippen molar-refractivity contribution in [2.75, 3.05) is 19.5 Å². The zero-order valence-electron chi connectivity index (χ0n) is 17.6. The summed E-state index contributed by atoms with van der Waals surface area (Å²) in [5.74, 6) is 0.0356. The van der Waals surface area contributed by atoms with E-state index in [9.17, 15) is 9.59 Å². The Morgan fingerprint density at radius 2 is 1.86 bits per heavy atom. The van der Waals surface area contributed by atoms with Crippen LogP contribution in [-0.4, -0.2) is 31.6 Å². The first-order valence-corrected chi connectivity index (χ1v) is 10.1. The molecule has 0 aliphatic carbocycles. The number of anilines is 1. The van der Waals surface area contributed by atoms with Crippen LogP contribution in [0, 0.1) is 0 Å². The van der Waals surface area contributed by atoms with Gasteiger partial charge in [-0.15, -0.1) is 11.3 Å². The average molecular weight is 418 g/mol. The van der Waals surface area contributed by atoms with E-state index >= 15 is 0 Å². The number of rotatable bonds is 5. The molecular formula is C21H27N3O4S. The summed E-state index contributed by atoms with van der Waals surface area (Å²) < 4.78 is 10.5. The maximum atomic E-state index is 13.0. The molecule has 0 fully saturated rings. The number of nitrogens with two attached hydrogens (primary N) is 1. The lowest BCUT2D eigenvalue weighted by atomic mass is 9.81. The van der Waals surface area contributed by atoms with Gasteiger partial charge < -0.3 is 25.8 Å². The second-order valence-corrected chi connectivity index (χ2v) is 9.33. The van der Waals surface area contributed by atoms with Crippen LogP contribution in [0.1, 0.15) is 58.9 Å². The van der Waals surface area contributed by atoms with Gasteiger partial charge in [0, 0.05) is 22.0 Å². The van der Waals surface area contributed by atoms with Crippen LogP contribution in [0.5, 0.6) is 11.5 Å². The van der Waals surface area contributed by atoms with Crippen LogP contribution in [0.25, 0.3) is 0 Å². The Hall–Kier alpha value is -2.58. The van der Waals surface area contributed by atoms with Crippen LogP contribution in [0.2, 0.25) is 0 Å². The number of thiophene rings is 1. The predicted octanol–water partition coefficient (Wildman–Crippen LogP) is 3.28. The molecule has 4 N–H and O–H groups in total. The van der Waals surface area contributed by atoms with Crippen molar-refractivity contribution in [1.82, 2.24) is 5.32 Å². The molecule has 0 saturated heterocycles. The van der Waals surface area contributed by atoms with Crippen LogP contribution in [0.3, 0.4) is 0 Å². The van der Waals surface area contributed by atoms with Gasteiger partial charge in [0.2, 0.25) is 0 Å². The summed E-state index contributed by atoms with van der Waals surface area (Å²) >= 11 is 1.38. The third-order valence-electron chi connectivity index (χ3n) is 4.97. The van der Waals surface area contributed by atoms with Gasteiger partial charge in [-0.05, 0) is 51.8 Å². The molecule has 2 amide bonds. The van der Waals surface area contributed by atoms with Crippen LogP contribution < -0.4 is 25.8 Å². The van der Waals surface area contributed by atoms with Crippen molar-refractivity contribution < 1.29 is 19.1 Å². The summed E-state index contributed by atoms with van der Waals surface area (Å²) in [6, 6.07) is 4.94. The highest BCUT2D eigenvalue weighted by atomic mass is 32.1. The van der Waals surface area contributed by atoms with Gasteiger partial charge in [0.15, 0.2) is 0 Å². The number of amides is 2. The number of carbonyl (C=O) groups is 2. The molecule has 0 unspecified atom stereocenters. The number of benzene rings is 1. The van der Waals surface area contributed by atoms with E-state index in [0.717, 1.165) is 10.4 Å². The third-order valence-corrected chi connectivity index (χ3v) is 6.44. The molecule has 1 aliphatic rings. The second kappa shape index (κ2) is 7.35. The van der Waals surface area contributed by atoms with E-state index in [-0.39, 0.29) is 17.0 Å². The van der Waals surface area contributed by atoms with Gasteiger partial charge in [0.05, 0.1) is 25.3 Å². The van der Waals surface area contributed by atoms with Crippen LogP contribution in [0.15, 0.2) is 18.2 Å². The number of ether oxygens (including phenoxy) is 2. The van der Waals surface area contributed by atoms with E-state index in [4.69, 9.17) is 15.2 Å². The Labute approximate surface area is 174 Å². The lowest BCUT2D eigenvalue weighted by Crippen LogP contribution is -2.55. The van der Waals surface area contributed by atoms with E-state index in [1.165, 1.54) is 18.4 Å². The van der Waals surface area contributed by atoms with Crippen molar-refractivity contribution >= 4 is 28.2 Å². The lowest BCUT2D eigenvalue weighted by Gasteiger charge is -2.42. The van der Waals surface area contributed by atoms with Crippen molar-refractivity contribution in [3.05, 3.63) is 39.8 Å². The molecular weight excluding hydrogens is 390 g/mol. The summed E-state index contributed by atoms with van der Waals surface area (Å²) in [5.41, 5.74) is 6.78. The Morgan fingerprint density at radius 1 is 1.17 bits per heavy atom. The molecule has 0 radical (unpaired) electrons. The molecule has 29 heavy (non-hydrogen) atoms. The molecule has 1 aliphatic heterocycles. The zero-order valence-corrected chi connectivity index (χ0v) is 18.4. The number of fused-ring (bicyclic) bond motifs is 1. The monoisotopic (exact) mass is 417 g/mol. The van der Waals surface area contributed by atoms with Crippen molar-refractivity contribution in [2.24, 2.45) is 5.73 Å². The SMILES string of the molecule is COc1ccc(C(=O)Nc2sc3c(c2C(N)=O)CC(C)(C)NC3(C)C)c(OC)c1. The average Bonchev–Trinajstić information content (AvgIpc) is 2.97. The first-order valence-electron chi connectivity index (χ1n) is 9.28. The Bertz CT molecular complexity index is 979. The molecule has 0 bridgehead atoms. The summed E-state index contributed by atoms with van der Waals surface area (Å²) in [7, 11) is 3.03. The van der Waals surface area contributed by atoms with E-state index in [0.29, 0.717) is 34.0 Å². The standard InChI is InChI=1S/C21H27N3O4S/c1-20(2)10-13-15(17(22)25)19(29-16(13)21(3,4)24-20)23-18(26)12-8-7-11(27-5)9-14(12)28-6/h7-9,24H,10H2,1-6H3,(H2,22,25)(H,23,26). The minimum absolute atomic E-state index is 0.206. The fraction of sp³-hybridized carbons (Fsp3) is 0.429. The molecule has 7 nitrogen and oxygen atoms in total. The first-order chi connectivity index (χ1) is 13.5. The largest absolute Gasteiger partial charge is 0.497 e. The summed E-state index contributed by atoms with van der Waals surface area (Å²) in [5, 5.41) is 6.92. The number of primary amides is 1. The molecule has 1 aromatic heterocycles. The van der Waals surface area contributed by atoms with E-state index in [2.05, 4.69) is 38.3 Å². The van der Waals surface area contributed by atoms with E-state index < -0.39 is 5.91 Å². The van der Waals surface area contributed by atoms with Gasteiger partial charge in [-0.3, -0.25) is 9.59 Å². The van der Waals surface area contributed by atoms with Gasteiger partial charge in [0.1, 0.15) is 16.5 Å². The minimum Gasteiger partial charge on any atom is -0.497 e. The second-order valence-electron chi connectivity index (χ2n) is 8.31. The molecule has 0 atom stereocenters. The first kappa shape index (κ1) is 21.1. The van der Waals surface area contributed by atoms with Gasteiger partial charge in [-0.1, -0.05) is 0 Å². The predicted molar refractivity (Wildman–Crippen MR) is 114 cm³/mol. The summed E-state index contributed by atoms with van der Waals surface area (Å²) in [6.45, 7) is 8.29. The zero-order chi connectivity index (χ0) is 21.6. The van der Waals surface area contributed by atoms with Gasteiger partial charge in [0.25, 0.3) is 11.8 Å². The van der Waals surface area contributed by atoms with Gasteiger partial charge in [-0.2, -0.15) is 0 Å². The van der Waals surface area contributed by atoms with Gasteiger partial charge >= 0.3 is 0 Å². The number of methoxy groups -OCH3 is 2. The normalized spacial score (nSPS) is 16.6. The maximum Gasteiger partial charge on any atom is 0.260 e. The van der Waals surface area contributed by atoms with E-state index in [1.54, 1.807) is 25.3 Å². The van der Waals surface area contributed by atoms with Crippen molar-refractivity contribution in [2.45, 2.75) is 45.2 Å².